The Morgan fingerprint density at radius 3 is 2.60 bits per heavy atom. The van der Waals surface area contributed by atoms with Crippen LogP contribution in [-0.4, -0.2) is 54.0 Å². The molecule has 0 atom stereocenters. The molecule has 0 unspecified atom stereocenters. The fourth-order valence-electron chi connectivity index (χ4n) is 4.44. The first-order chi connectivity index (χ1) is 17.1. The van der Waals surface area contributed by atoms with Crippen LogP contribution >= 0.6 is 0 Å². The summed E-state index contributed by atoms with van der Waals surface area (Å²) >= 11 is 0. The van der Waals surface area contributed by atoms with E-state index in [1.54, 1.807) is 0 Å². The predicted octanol–water partition coefficient (Wildman–Crippen LogP) is 4.26. The van der Waals surface area contributed by atoms with Crippen LogP contribution in [0, 0.1) is 0 Å². The van der Waals surface area contributed by atoms with Gasteiger partial charge in [0.05, 0.1) is 5.69 Å². The van der Waals surface area contributed by atoms with E-state index < -0.39 is 0 Å². The Morgan fingerprint density at radius 1 is 1.06 bits per heavy atom. The number of hydrogen-bond donors (Lipinski definition) is 2. The average molecular weight is 467 g/mol. The van der Waals surface area contributed by atoms with Crippen molar-refractivity contribution >= 4 is 34.9 Å². The highest BCUT2D eigenvalue weighted by atomic mass is 16.1. The van der Waals surface area contributed by atoms with Gasteiger partial charge >= 0.3 is 0 Å². The van der Waals surface area contributed by atoms with E-state index in [0.717, 1.165) is 61.2 Å². The Hall–Kier alpha value is -3.97. The van der Waals surface area contributed by atoms with Crippen molar-refractivity contribution in [2.45, 2.75) is 12.8 Å². The van der Waals surface area contributed by atoms with Gasteiger partial charge in [0.15, 0.2) is 0 Å². The number of fused-ring (bicyclic) bond motifs is 1. The molecule has 3 aromatic rings. The molecule has 7 heteroatoms. The van der Waals surface area contributed by atoms with Crippen LogP contribution in [0.3, 0.4) is 0 Å². The number of carbonyl (C=O) groups excluding carboxylic acids is 1. The standard InChI is InChI=1S/C28H30N6O/c1-3-27(35)29-21-6-4-7-22(19-21)30-28-24-8-5-9-25(24)31-26(32-28)18-20-10-12-23(13-11-20)34-16-14-33(2)15-17-34/h3-8,10-13,19H,1,9,14-18H2,2H3,(H,29,35)(H,30,31,32). The molecule has 0 bridgehead atoms. The molecule has 1 aliphatic carbocycles. The molecule has 2 aromatic carbocycles. The van der Waals surface area contributed by atoms with E-state index >= 15 is 0 Å². The number of carbonyl (C=O) groups is 1. The van der Waals surface area contributed by atoms with Crippen LogP contribution in [-0.2, 0) is 17.6 Å². The van der Waals surface area contributed by atoms with Crippen molar-refractivity contribution in [1.29, 1.82) is 0 Å². The van der Waals surface area contributed by atoms with Gasteiger partial charge < -0.3 is 20.4 Å². The number of amides is 1. The fraction of sp³-hybridized carbons (Fsp3) is 0.250. The highest BCUT2D eigenvalue weighted by Crippen LogP contribution is 2.29. The van der Waals surface area contributed by atoms with Crippen LogP contribution in [0.25, 0.3) is 6.08 Å². The van der Waals surface area contributed by atoms with E-state index in [-0.39, 0.29) is 5.91 Å². The van der Waals surface area contributed by atoms with Crippen LogP contribution in [0.4, 0.5) is 22.9 Å². The number of piperazine rings is 1. The number of aromatic nitrogens is 2. The molecule has 2 heterocycles. The maximum atomic E-state index is 11.7. The second-order valence-corrected chi connectivity index (χ2v) is 8.99. The van der Waals surface area contributed by atoms with Crippen LogP contribution in [0.15, 0.2) is 67.3 Å². The summed E-state index contributed by atoms with van der Waals surface area (Å²) in [6.45, 7) is 7.82. The minimum absolute atomic E-state index is 0.242. The van der Waals surface area contributed by atoms with E-state index in [1.165, 1.54) is 17.3 Å². The molecule has 0 radical (unpaired) electrons. The van der Waals surface area contributed by atoms with Gasteiger partial charge in [-0.3, -0.25) is 4.79 Å². The lowest BCUT2D eigenvalue weighted by Gasteiger charge is -2.34. The summed E-state index contributed by atoms with van der Waals surface area (Å²) in [5.41, 5.74) is 6.04. The Kier molecular flexibility index (Phi) is 6.59. The first-order valence-corrected chi connectivity index (χ1v) is 12.0. The van der Waals surface area contributed by atoms with E-state index in [0.29, 0.717) is 12.1 Å². The third-order valence-electron chi connectivity index (χ3n) is 6.41. The van der Waals surface area contributed by atoms with Gasteiger partial charge in [-0.2, -0.15) is 0 Å². The number of hydrogen-bond acceptors (Lipinski definition) is 6. The number of anilines is 4. The number of benzene rings is 2. The molecular formula is C28H30N6O. The zero-order valence-corrected chi connectivity index (χ0v) is 20.0. The molecular weight excluding hydrogens is 436 g/mol. The third-order valence-corrected chi connectivity index (χ3v) is 6.41. The summed E-state index contributed by atoms with van der Waals surface area (Å²) in [4.78, 5) is 26.2. The molecule has 2 aliphatic rings. The van der Waals surface area contributed by atoms with Crippen LogP contribution in [0.1, 0.15) is 22.6 Å². The fourth-order valence-corrected chi connectivity index (χ4v) is 4.44. The average Bonchev–Trinajstić information content (AvgIpc) is 3.34. The number of nitrogens with one attached hydrogen (secondary N) is 2. The SMILES string of the molecule is C=CC(=O)Nc1cccc(Nc2nc(Cc3ccc(N4CCN(C)CC4)cc3)nc3c2C=CC3)c1. The third kappa shape index (κ3) is 5.41. The van der Waals surface area contributed by atoms with Crippen molar-refractivity contribution < 1.29 is 4.79 Å². The number of allylic oxidation sites excluding steroid dienone is 1. The molecule has 1 aliphatic heterocycles. The largest absolute Gasteiger partial charge is 0.369 e. The highest BCUT2D eigenvalue weighted by Gasteiger charge is 2.17. The van der Waals surface area contributed by atoms with Crippen molar-refractivity contribution in [2.75, 3.05) is 48.8 Å². The number of likely N-dealkylation sites (N-methyl/N-ethyl adjacent to an activating group) is 1. The van der Waals surface area contributed by atoms with Crippen molar-refractivity contribution in [3.05, 3.63) is 89.9 Å². The van der Waals surface area contributed by atoms with E-state index in [4.69, 9.17) is 9.97 Å². The lowest BCUT2D eigenvalue weighted by molar-refractivity contribution is -0.111. The normalized spacial score (nSPS) is 15.1. The summed E-state index contributed by atoms with van der Waals surface area (Å²) in [7, 11) is 2.17. The van der Waals surface area contributed by atoms with E-state index in [1.807, 2.05) is 24.3 Å². The Labute approximate surface area is 206 Å². The Balaban J connectivity index is 1.33. The molecule has 1 aromatic heterocycles. The van der Waals surface area contributed by atoms with Crippen LogP contribution in [0.5, 0.6) is 0 Å². The molecule has 1 amide bonds. The van der Waals surface area contributed by atoms with Crippen molar-refractivity contribution in [1.82, 2.24) is 14.9 Å². The molecule has 5 rings (SSSR count). The zero-order valence-electron chi connectivity index (χ0n) is 20.0. The molecule has 1 saturated heterocycles. The molecule has 0 saturated carbocycles. The molecule has 35 heavy (non-hydrogen) atoms. The summed E-state index contributed by atoms with van der Waals surface area (Å²) in [6.07, 6.45) is 6.90. The molecule has 1 fully saturated rings. The van der Waals surface area contributed by atoms with Gasteiger partial charge in [-0.1, -0.05) is 36.9 Å². The smallest absolute Gasteiger partial charge is 0.247 e. The first kappa shape index (κ1) is 22.8. The number of nitrogens with zero attached hydrogens (tertiary/aromatic N) is 4. The maximum Gasteiger partial charge on any atom is 0.247 e. The van der Waals surface area contributed by atoms with Gasteiger partial charge in [0.25, 0.3) is 0 Å². The van der Waals surface area contributed by atoms with E-state index in [9.17, 15) is 4.79 Å². The molecule has 0 spiro atoms. The number of rotatable bonds is 7. The summed E-state index contributed by atoms with van der Waals surface area (Å²) in [5, 5.41) is 6.22. The summed E-state index contributed by atoms with van der Waals surface area (Å²) in [6, 6.07) is 16.3. The lowest BCUT2D eigenvalue weighted by atomic mass is 10.1. The van der Waals surface area contributed by atoms with Gasteiger partial charge in [0, 0.05) is 61.6 Å². The first-order valence-electron chi connectivity index (χ1n) is 12.0. The highest BCUT2D eigenvalue weighted by molar-refractivity contribution is 5.99. The second kappa shape index (κ2) is 10.1. The predicted molar refractivity (Wildman–Crippen MR) is 142 cm³/mol. The molecule has 2 N–H and O–H groups in total. The molecule has 178 valence electrons. The quantitative estimate of drug-likeness (QED) is 0.507. The monoisotopic (exact) mass is 466 g/mol. The van der Waals surface area contributed by atoms with E-state index in [2.05, 4.69) is 70.5 Å². The molecule has 7 nitrogen and oxygen atoms in total. The van der Waals surface area contributed by atoms with Crippen LogP contribution < -0.4 is 15.5 Å². The van der Waals surface area contributed by atoms with Gasteiger partial charge in [0.2, 0.25) is 5.91 Å². The maximum absolute atomic E-state index is 11.7. The summed E-state index contributed by atoms with van der Waals surface area (Å²) < 4.78 is 0. The van der Waals surface area contributed by atoms with Gasteiger partial charge in [-0.25, -0.2) is 9.97 Å². The van der Waals surface area contributed by atoms with Gasteiger partial charge in [-0.05, 0) is 49.0 Å². The van der Waals surface area contributed by atoms with Crippen LogP contribution in [0.2, 0.25) is 0 Å². The minimum atomic E-state index is -0.242. The Morgan fingerprint density at radius 2 is 1.83 bits per heavy atom. The van der Waals surface area contributed by atoms with Crippen molar-refractivity contribution in [2.24, 2.45) is 0 Å². The Bertz CT molecular complexity index is 1260. The zero-order chi connectivity index (χ0) is 24.2. The van der Waals surface area contributed by atoms with Crippen molar-refractivity contribution in [3.63, 3.8) is 0 Å². The van der Waals surface area contributed by atoms with Crippen molar-refractivity contribution in [3.8, 4) is 0 Å². The lowest BCUT2D eigenvalue weighted by Crippen LogP contribution is -2.44. The van der Waals surface area contributed by atoms with Gasteiger partial charge in [0.1, 0.15) is 11.6 Å². The topological polar surface area (TPSA) is 73.4 Å². The van der Waals surface area contributed by atoms with Gasteiger partial charge in [-0.15, -0.1) is 0 Å². The minimum Gasteiger partial charge on any atom is -0.369 e. The second-order valence-electron chi connectivity index (χ2n) is 8.99. The summed E-state index contributed by atoms with van der Waals surface area (Å²) in [5.74, 6) is 1.33.